The lowest BCUT2D eigenvalue weighted by Gasteiger charge is -2.14. The highest BCUT2D eigenvalue weighted by Gasteiger charge is 2.23. The third-order valence-corrected chi connectivity index (χ3v) is 4.67. The summed E-state index contributed by atoms with van der Waals surface area (Å²) in [4.78, 5) is 25.0. The van der Waals surface area contributed by atoms with Crippen LogP contribution in [-0.4, -0.2) is 24.5 Å². The van der Waals surface area contributed by atoms with Crippen LogP contribution in [-0.2, 0) is 6.42 Å². The van der Waals surface area contributed by atoms with Crippen molar-refractivity contribution in [3.05, 3.63) is 71.7 Å². The Bertz CT molecular complexity index is 1080. The summed E-state index contributed by atoms with van der Waals surface area (Å²) in [7, 11) is 0. The van der Waals surface area contributed by atoms with E-state index in [2.05, 4.69) is 10.6 Å². The number of fused-ring (bicyclic) bond motifs is 1. The zero-order valence-electron chi connectivity index (χ0n) is 16.7. The number of hydrogen-bond acceptors (Lipinski definition) is 5. The number of carbonyl (C=O) groups excluding carboxylic acids is 2. The molecule has 2 amide bonds. The lowest BCUT2D eigenvalue weighted by atomic mass is 10.1. The van der Waals surface area contributed by atoms with Crippen LogP contribution in [0.5, 0.6) is 11.5 Å². The zero-order valence-corrected chi connectivity index (χ0v) is 16.7. The number of benzene rings is 2. The first kappa shape index (κ1) is 19.6. The monoisotopic (exact) mass is 406 g/mol. The van der Waals surface area contributed by atoms with Gasteiger partial charge in [0.1, 0.15) is 17.6 Å². The summed E-state index contributed by atoms with van der Waals surface area (Å²) in [5.41, 5.74) is 2.48. The van der Waals surface area contributed by atoms with Crippen molar-refractivity contribution in [1.82, 2.24) is 0 Å². The van der Waals surface area contributed by atoms with Crippen LogP contribution in [0.25, 0.3) is 0 Å². The van der Waals surface area contributed by atoms with Gasteiger partial charge in [-0.3, -0.25) is 9.59 Å². The summed E-state index contributed by atoms with van der Waals surface area (Å²) in [5, 5.41) is 5.61. The summed E-state index contributed by atoms with van der Waals surface area (Å²) in [6.45, 7) is 4.37. The van der Waals surface area contributed by atoms with Gasteiger partial charge in [0, 0.05) is 29.3 Å². The van der Waals surface area contributed by atoms with Gasteiger partial charge in [-0.05, 0) is 50.2 Å². The third kappa shape index (κ3) is 4.15. The Morgan fingerprint density at radius 1 is 1.10 bits per heavy atom. The number of carbonyl (C=O) groups is 2. The Morgan fingerprint density at radius 3 is 2.73 bits per heavy atom. The summed E-state index contributed by atoms with van der Waals surface area (Å²) in [6, 6.07) is 13.6. The van der Waals surface area contributed by atoms with Crippen molar-refractivity contribution in [2.45, 2.75) is 26.4 Å². The Balaban J connectivity index is 1.53. The number of hydrogen-bond donors (Lipinski definition) is 2. The Kier molecular flexibility index (Phi) is 5.43. The van der Waals surface area contributed by atoms with Gasteiger partial charge in [-0.25, -0.2) is 0 Å². The molecule has 0 spiro atoms. The van der Waals surface area contributed by atoms with Crippen LogP contribution in [0.15, 0.2) is 59.2 Å². The van der Waals surface area contributed by atoms with Crippen LogP contribution in [0, 0.1) is 0 Å². The molecule has 0 saturated carbocycles. The Morgan fingerprint density at radius 2 is 1.97 bits per heavy atom. The molecule has 7 nitrogen and oxygen atoms in total. The van der Waals surface area contributed by atoms with Crippen molar-refractivity contribution in [1.29, 1.82) is 0 Å². The SMILES string of the molecule is CCOc1cc2c(cc1NC(=O)c1cccc(NC(=O)c3ccco3)c1)OC(C)C2. The minimum atomic E-state index is -0.388. The molecule has 0 saturated heterocycles. The number of ether oxygens (including phenoxy) is 2. The molecule has 1 unspecified atom stereocenters. The molecule has 0 radical (unpaired) electrons. The molecule has 3 aromatic rings. The van der Waals surface area contributed by atoms with Crippen LogP contribution in [0.4, 0.5) is 11.4 Å². The van der Waals surface area contributed by atoms with E-state index in [1.165, 1.54) is 6.26 Å². The molecule has 0 aliphatic carbocycles. The zero-order chi connectivity index (χ0) is 21.1. The average Bonchev–Trinajstić information content (AvgIpc) is 3.37. The second kappa shape index (κ2) is 8.32. The van der Waals surface area contributed by atoms with Crippen molar-refractivity contribution >= 4 is 23.2 Å². The van der Waals surface area contributed by atoms with Gasteiger partial charge in [0.25, 0.3) is 11.8 Å². The fourth-order valence-electron chi connectivity index (χ4n) is 3.35. The summed E-state index contributed by atoms with van der Waals surface area (Å²) < 4.78 is 16.6. The lowest BCUT2D eigenvalue weighted by Crippen LogP contribution is -2.15. The first-order valence-corrected chi connectivity index (χ1v) is 9.76. The van der Waals surface area contributed by atoms with Gasteiger partial charge in [0.15, 0.2) is 5.76 Å². The molecule has 1 atom stereocenters. The molecule has 7 heteroatoms. The smallest absolute Gasteiger partial charge is 0.291 e. The molecule has 1 aromatic heterocycles. The topological polar surface area (TPSA) is 89.8 Å². The van der Waals surface area contributed by atoms with Crippen LogP contribution >= 0.6 is 0 Å². The fraction of sp³-hybridized carbons (Fsp3) is 0.217. The molecule has 30 heavy (non-hydrogen) atoms. The van der Waals surface area contributed by atoms with E-state index in [9.17, 15) is 9.59 Å². The quantitative estimate of drug-likeness (QED) is 0.629. The number of furan rings is 1. The molecule has 0 fully saturated rings. The summed E-state index contributed by atoms with van der Waals surface area (Å²) in [6.07, 6.45) is 2.33. The summed E-state index contributed by atoms with van der Waals surface area (Å²) >= 11 is 0. The maximum Gasteiger partial charge on any atom is 0.291 e. The molecule has 154 valence electrons. The van der Waals surface area contributed by atoms with Gasteiger partial charge in [-0.2, -0.15) is 0 Å². The highest BCUT2D eigenvalue weighted by molar-refractivity contribution is 6.07. The van der Waals surface area contributed by atoms with Crippen molar-refractivity contribution in [2.24, 2.45) is 0 Å². The van der Waals surface area contributed by atoms with Crippen molar-refractivity contribution in [2.75, 3.05) is 17.2 Å². The number of rotatable bonds is 6. The van der Waals surface area contributed by atoms with Gasteiger partial charge in [-0.15, -0.1) is 0 Å². The minimum absolute atomic E-state index is 0.0925. The molecule has 1 aliphatic heterocycles. The van der Waals surface area contributed by atoms with E-state index in [0.29, 0.717) is 29.3 Å². The van der Waals surface area contributed by atoms with Crippen LogP contribution in [0.2, 0.25) is 0 Å². The molecule has 1 aliphatic rings. The van der Waals surface area contributed by atoms with Crippen LogP contribution in [0.3, 0.4) is 0 Å². The lowest BCUT2D eigenvalue weighted by molar-refractivity contribution is 0.0993. The predicted octanol–water partition coefficient (Wildman–Crippen LogP) is 4.51. The molecular formula is C23H22N2O5. The Hall–Kier alpha value is -3.74. The average molecular weight is 406 g/mol. The second-order valence-electron chi connectivity index (χ2n) is 6.99. The molecule has 2 N–H and O–H groups in total. The van der Waals surface area contributed by atoms with E-state index in [-0.39, 0.29) is 23.7 Å². The van der Waals surface area contributed by atoms with Crippen molar-refractivity contribution in [3.8, 4) is 11.5 Å². The fourth-order valence-corrected chi connectivity index (χ4v) is 3.35. The van der Waals surface area contributed by atoms with E-state index < -0.39 is 0 Å². The Labute approximate surface area is 174 Å². The molecule has 4 rings (SSSR count). The first-order chi connectivity index (χ1) is 14.5. The van der Waals surface area contributed by atoms with E-state index in [4.69, 9.17) is 13.9 Å². The highest BCUT2D eigenvalue weighted by atomic mass is 16.5. The predicted molar refractivity (Wildman–Crippen MR) is 112 cm³/mol. The van der Waals surface area contributed by atoms with Gasteiger partial charge in [-0.1, -0.05) is 6.07 Å². The number of amides is 2. The van der Waals surface area contributed by atoms with E-state index in [1.54, 1.807) is 42.5 Å². The highest BCUT2D eigenvalue weighted by Crippen LogP contribution is 2.38. The second-order valence-corrected chi connectivity index (χ2v) is 6.99. The minimum Gasteiger partial charge on any atom is -0.492 e. The van der Waals surface area contributed by atoms with Crippen molar-refractivity contribution in [3.63, 3.8) is 0 Å². The van der Waals surface area contributed by atoms with Gasteiger partial charge in [0.05, 0.1) is 18.6 Å². The molecule has 2 aromatic carbocycles. The summed E-state index contributed by atoms with van der Waals surface area (Å²) in [5.74, 6) is 0.834. The van der Waals surface area contributed by atoms with Crippen molar-refractivity contribution < 1.29 is 23.5 Å². The molecule has 0 bridgehead atoms. The van der Waals surface area contributed by atoms with E-state index >= 15 is 0 Å². The third-order valence-electron chi connectivity index (χ3n) is 4.67. The maximum absolute atomic E-state index is 12.9. The molecular weight excluding hydrogens is 384 g/mol. The largest absolute Gasteiger partial charge is 0.492 e. The maximum atomic E-state index is 12.9. The molecule has 2 heterocycles. The number of nitrogens with one attached hydrogen (secondary N) is 2. The van der Waals surface area contributed by atoms with Gasteiger partial charge in [0.2, 0.25) is 0 Å². The van der Waals surface area contributed by atoms with Gasteiger partial charge >= 0.3 is 0 Å². The van der Waals surface area contributed by atoms with Crippen LogP contribution in [0.1, 0.15) is 40.3 Å². The van der Waals surface area contributed by atoms with Gasteiger partial charge < -0.3 is 24.5 Å². The first-order valence-electron chi connectivity index (χ1n) is 9.76. The van der Waals surface area contributed by atoms with E-state index in [0.717, 1.165) is 17.7 Å². The van der Waals surface area contributed by atoms with Crippen LogP contribution < -0.4 is 20.1 Å². The normalized spacial score (nSPS) is 14.5. The van der Waals surface area contributed by atoms with E-state index in [1.807, 2.05) is 19.9 Å². The standard InChI is InChI=1S/C23H22N2O5/c1-3-28-21-12-16-10-14(2)30-20(16)13-18(21)25-22(26)15-6-4-7-17(11-15)24-23(27)19-8-5-9-29-19/h4-9,11-14H,3,10H2,1-2H3,(H,24,27)(H,25,26). The number of anilines is 2.